The Morgan fingerprint density at radius 1 is 0.892 bits per heavy atom. The minimum absolute atomic E-state index is 0.0196. The van der Waals surface area contributed by atoms with E-state index < -0.39 is 10.0 Å². The van der Waals surface area contributed by atoms with Crippen molar-refractivity contribution in [3.05, 3.63) is 83.9 Å². The molecule has 1 heterocycles. The lowest BCUT2D eigenvalue weighted by molar-refractivity contribution is -0.118. The van der Waals surface area contributed by atoms with Crippen LogP contribution in [0.25, 0.3) is 0 Å². The summed E-state index contributed by atoms with van der Waals surface area (Å²) >= 11 is 0. The van der Waals surface area contributed by atoms with E-state index in [4.69, 9.17) is 4.74 Å². The van der Waals surface area contributed by atoms with Gasteiger partial charge in [0, 0.05) is 43.1 Å². The number of carbonyl (C=O) groups excluding carboxylic acids is 2. The SMILES string of the molecule is Cc1cccc(NS(=O)(=O)c2ccc(OCC(=O)Nc3ccc(C(=O)N4CCN(C)CC4)cc3)cc2)c1. The van der Waals surface area contributed by atoms with Crippen LogP contribution in [0.3, 0.4) is 0 Å². The van der Waals surface area contributed by atoms with Crippen LogP contribution in [0, 0.1) is 6.92 Å². The molecule has 0 unspecified atom stereocenters. The fraction of sp³-hybridized carbons (Fsp3) is 0.259. The standard InChI is InChI=1S/C27H30N4O5S/c1-20-4-3-5-23(18-20)29-37(34,35)25-12-10-24(11-13-25)36-19-26(32)28-22-8-6-21(7-9-22)27(33)31-16-14-30(2)15-17-31/h3-13,18,29H,14-17,19H2,1-2H3,(H,28,32). The second kappa shape index (κ2) is 11.4. The van der Waals surface area contributed by atoms with Gasteiger partial charge in [-0.05, 0) is 80.2 Å². The topological polar surface area (TPSA) is 108 Å². The van der Waals surface area contributed by atoms with E-state index in [1.165, 1.54) is 24.3 Å². The van der Waals surface area contributed by atoms with Gasteiger partial charge in [-0.25, -0.2) is 8.42 Å². The Hall–Kier alpha value is -3.89. The maximum atomic E-state index is 12.6. The summed E-state index contributed by atoms with van der Waals surface area (Å²) < 4.78 is 33.3. The second-order valence-corrected chi connectivity index (χ2v) is 10.6. The second-order valence-electron chi connectivity index (χ2n) is 8.96. The minimum atomic E-state index is -3.75. The Labute approximate surface area is 217 Å². The van der Waals surface area contributed by atoms with E-state index in [0.717, 1.165) is 18.7 Å². The lowest BCUT2D eigenvalue weighted by Crippen LogP contribution is -2.47. The van der Waals surface area contributed by atoms with Crippen molar-refractivity contribution in [2.24, 2.45) is 0 Å². The molecule has 2 N–H and O–H groups in total. The fourth-order valence-corrected chi connectivity index (χ4v) is 4.92. The van der Waals surface area contributed by atoms with Gasteiger partial charge in [0.25, 0.3) is 21.8 Å². The summed E-state index contributed by atoms with van der Waals surface area (Å²) in [5.74, 6) is -0.0393. The van der Waals surface area contributed by atoms with E-state index >= 15 is 0 Å². The molecule has 0 atom stereocenters. The van der Waals surface area contributed by atoms with Gasteiger partial charge in [0.15, 0.2) is 6.61 Å². The van der Waals surface area contributed by atoms with Gasteiger partial charge in [-0.15, -0.1) is 0 Å². The van der Waals surface area contributed by atoms with Crippen LogP contribution in [0.1, 0.15) is 15.9 Å². The molecule has 1 saturated heterocycles. The predicted octanol–water partition coefficient (Wildman–Crippen LogP) is 3.20. The zero-order chi connectivity index (χ0) is 26.4. The molecule has 2 amide bonds. The molecule has 1 aliphatic heterocycles. The normalized spacial score (nSPS) is 14.2. The van der Waals surface area contributed by atoms with Gasteiger partial charge in [0.1, 0.15) is 5.75 Å². The largest absolute Gasteiger partial charge is 0.484 e. The molecular weight excluding hydrogens is 492 g/mol. The summed E-state index contributed by atoms with van der Waals surface area (Å²) in [5.41, 5.74) is 2.55. The van der Waals surface area contributed by atoms with Crippen molar-refractivity contribution in [2.75, 3.05) is 49.9 Å². The van der Waals surface area contributed by atoms with Crippen LogP contribution >= 0.6 is 0 Å². The van der Waals surface area contributed by atoms with Crippen LogP contribution in [0.4, 0.5) is 11.4 Å². The highest BCUT2D eigenvalue weighted by Crippen LogP contribution is 2.20. The molecule has 9 nitrogen and oxygen atoms in total. The van der Waals surface area contributed by atoms with Crippen molar-refractivity contribution in [3.63, 3.8) is 0 Å². The van der Waals surface area contributed by atoms with Crippen LogP contribution < -0.4 is 14.8 Å². The third-order valence-corrected chi connectivity index (χ3v) is 7.38. The molecule has 0 radical (unpaired) electrons. The van der Waals surface area contributed by atoms with Crippen molar-refractivity contribution < 1.29 is 22.7 Å². The average molecular weight is 523 g/mol. The van der Waals surface area contributed by atoms with Gasteiger partial charge in [-0.2, -0.15) is 0 Å². The molecule has 10 heteroatoms. The predicted molar refractivity (Wildman–Crippen MR) is 142 cm³/mol. The minimum Gasteiger partial charge on any atom is -0.484 e. The first kappa shape index (κ1) is 26.2. The summed E-state index contributed by atoms with van der Waals surface area (Å²) in [6.07, 6.45) is 0. The van der Waals surface area contributed by atoms with Crippen LogP contribution in [0.15, 0.2) is 77.7 Å². The average Bonchev–Trinajstić information content (AvgIpc) is 2.88. The summed E-state index contributed by atoms with van der Waals surface area (Å²) in [5, 5.41) is 2.73. The van der Waals surface area contributed by atoms with Crippen molar-refractivity contribution in [1.82, 2.24) is 9.80 Å². The number of rotatable bonds is 8. The van der Waals surface area contributed by atoms with Gasteiger partial charge >= 0.3 is 0 Å². The van der Waals surface area contributed by atoms with Gasteiger partial charge in [-0.3, -0.25) is 14.3 Å². The number of sulfonamides is 1. The smallest absolute Gasteiger partial charge is 0.262 e. The number of aryl methyl sites for hydroxylation is 1. The quantitative estimate of drug-likeness (QED) is 0.471. The highest BCUT2D eigenvalue weighted by molar-refractivity contribution is 7.92. The van der Waals surface area contributed by atoms with Crippen molar-refractivity contribution >= 4 is 33.2 Å². The molecule has 0 saturated carbocycles. The molecule has 0 aliphatic carbocycles. The molecule has 1 fully saturated rings. The molecule has 3 aromatic rings. The maximum Gasteiger partial charge on any atom is 0.262 e. The maximum absolute atomic E-state index is 12.6. The number of hydrogen-bond acceptors (Lipinski definition) is 6. The molecule has 194 valence electrons. The summed E-state index contributed by atoms with van der Waals surface area (Å²) in [6.45, 7) is 4.72. The molecule has 37 heavy (non-hydrogen) atoms. The highest BCUT2D eigenvalue weighted by atomic mass is 32.2. The number of carbonyl (C=O) groups is 2. The highest BCUT2D eigenvalue weighted by Gasteiger charge is 2.20. The van der Waals surface area contributed by atoms with Gasteiger partial charge < -0.3 is 19.9 Å². The lowest BCUT2D eigenvalue weighted by Gasteiger charge is -2.32. The zero-order valence-electron chi connectivity index (χ0n) is 20.8. The number of likely N-dealkylation sites (N-methyl/N-ethyl adjacent to an activating group) is 1. The fourth-order valence-electron chi connectivity index (χ4n) is 3.87. The Balaban J connectivity index is 1.27. The summed E-state index contributed by atoms with van der Waals surface area (Å²) in [6, 6.07) is 19.7. The Bertz CT molecular complexity index is 1350. The molecule has 0 spiro atoms. The zero-order valence-corrected chi connectivity index (χ0v) is 21.6. The van der Waals surface area contributed by atoms with E-state index in [1.54, 1.807) is 42.5 Å². The van der Waals surface area contributed by atoms with Gasteiger partial charge in [-0.1, -0.05) is 12.1 Å². The van der Waals surface area contributed by atoms with Crippen LogP contribution in [0.5, 0.6) is 5.75 Å². The number of nitrogens with one attached hydrogen (secondary N) is 2. The van der Waals surface area contributed by atoms with Crippen LogP contribution in [-0.2, 0) is 14.8 Å². The van der Waals surface area contributed by atoms with E-state index in [-0.39, 0.29) is 23.3 Å². The molecule has 0 aromatic heterocycles. The van der Waals surface area contributed by atoms with Crippen LogP contribution in [0.2, 0.25) is 0 Å². The van der Waals surface area contributed by atoms with Crippen LogP contribution in [-0.4, -0.2) is 69.9 Å². The monoisotopic (exact) mass is 522 g/mol. The first-order valence-corrected chi connectivity index (χ1v) is 13.4. The molecule has 3 aromatic carbocycles. The van der Waals surface area contributed by atoms with Crippen molar-refractivity contribution in [3.8, 4) is 5.75 Å². The number of amides is 2. The van der Waals surface area contributed by atoms with Crippen molar-refractivity contribution in [2.45, 2.75) is 11.8 Å². The lowest BCUT2D eigenvalue weighted by atomic mass is 10.1. The molecule has 0 bridgehead atoms. The number of nitrogens with zero attached hydrogens (tertiary/aromatic N) is 2. The Morgan fingerprint density at radius 3 is 2.22 bits per heavy atom. The van der Waals surface area contributed by atoms with E-state index in [1.807, 2.05) is 24.9 Å². The molecular formula is C27H30N4O5S. The summed E-state index contributed by atoms with van der Waals surface area (Å²) in [7, 11) is -1.72. The number of hydrogen-bond donors (Lipinski definition) is 2. The first-order chi connectivity index (χ1) is 17.7. The molecule has 1 aliphatic rings. The first-order valence-electron chi connectivity index (χ1n) is 11.9. The number of benzene rings is 3. The van der Waals surface area contributed by atoms with Gasteiger partial charge in [0.2, 0.25) is 0 Å². The molecule has 4 rings (SSSR count). The number of anilines is 2. The van der Waals surface area contributed by atoms with E-state index in [0.29, 0.717) is 35.8 Å². The van der Waals surface area contributed by atoms with E-state index in [2.05, 4.69) is 14.9 Å². The third-order valence-electron chi connectivity index (χ3n) is 5.98. The Morgan fingerprint density at radius 2 is 1.57 bits per heavy atom. The number of piperazine rings is 1. The number of ether oxygens (including phenoxy) is 1. The third kappa shape index (κ3) is 7.08. The Kier molecular flexibility index (Phi) is 8.10. The summed E-state index contributed by atoms with van der Waals surface area (Å²) in [4.78, 5) is 29.1. The van der Waals surface area contributed by atoms with E-state index in [9.17, 15) is 18.0 Å². The van der Waals surface area contributed by atoms with Crippen molar-refractivity contribution in [1.29, 1.82) is 0 Å². The van der Waals surface area contributed by atoms with Gasteiger partial charge in [0.05, 0.1) is 4.90 Å².